The van der Waals surface area contributed by atoms with Crippen molar-refractivity contribution in [2.45, 2.75) is 24.7 Å². The van der Waals surface area contributed by atoms with Gasteiger partial charge in [-0.05, 0) is 30.2 Å². The molecule has 0 aliphatic heterocycles. The Morgan fingerprint density at radius 3 is 1.12 bits per heavy atom. The summed E-state index contributed by atoms with van der Waals surface area (Å²) in [5, 5.41) is 13.2. The molecule has 332 valence electrons. The molecule has 0 N–H and O–H groups in total. The van der Waals surface area contributed by atoms with Crippen LogP contribution in [-0.2, 0) is 38.8 Å². The van der Waals surface area contributed by atoms with Crippen molar-refractivity contribution in [2.75, 3.05) is 12.0 Å². The minimum Gasteiger partial charge on any atom is -0.289 e. The molecule has 64 heavy (non-hydrogen) atoms. The summed E-state index contributed by atoms with van der Waals surface area (Å²) in [5.41, 5.74) is -3.38. The van der Waals surface area contributed by atoms with Gasteiger partial charge in [-0.1, -0.05) is 119 Å². The third-order valence-electron chi connectivity index (χ3n) is 9.94. The smallest absolute Gasteiger partial charge is 0.289 e. The summed E-state index contributed by atoms with van der Waals surface area (Å²) in [6, 6.07) is 27.9. The van der Waals surface area contributed by atoms with E-state index >= 15 is 0 Å². The number of benzene rings is 6. The van der Waals surface area contributed by atoms with Crippen LogP contribution >= 0.6 is 0 Å². The predicted molar refractivity (Wildman–Crippen MR) is 220 cm³/mol. The van der Waals surface area contributed by atoms with E-state index in [1.807, 2.05) is 18.2 Å². The molecule has 1 atom stereocenters. The van der Waals surface area contributed by atoms with Crippen LogP contribution in [0.2, 0.25) is 0 Å². The molecule has 6 aromatic rings. The number of carbonyl (C=O) groups is 1. The van der Waals surface area contributed by atoms with Crippen molar-refractivity contribution in [1.29, 1.82) is 0 Å². The van der Waals surface area contributed by atoms with E-state index in [1.54, 1.807) is 12.1 Å². The average molecular weight is 920 g/mol. The van der Waals surface area contributed by atoms with Gasteiger partial charge in [-0.15, -0.1) is 0 Å². The number of non-ortho nitro benzene ring substituents is 1. The molecule has 0 aliphatic carbocycles. The van der Waals surface area contributed by atoms with Gasteiger partial charge in [-0.2, -0.15) is 74.5 Å². The first-order chi connectivity index (χ1) is 29.7. The van der Waals surface area contributed by atoms with Crippen LogP contribution in [0.15, 0.2) is 152 Å². The fourth-order valence-corrected chi connectivity index (χ4v) is 7.90. The predicted octanol–water partition coefficient (Wildman–Crippen LogP) is 10.1. The van der Waals surface area contributed by atoms with Crippen molar-refractivity contribution in [2.24, 2.45) is 0 Å². The molecule has 0 spiro atoms. The van der Waals surface area contributed by atoms with E-state index in [1.165, 1.54) is 30.5 Å². The summed E-state index contributed by atoms with van der Waals surface area (Å²) >= 11 is 0. The van der Waals surface area contributed by atoms with Crippen LogP contribution in [0.1, 0.15) is 38.2 Å². The summed E-state index contributed by atoms with van der Waals surface area (Å²) in [6.45, 7) is 0. The van der Waals surface area contributed by atoms with Gasteiger partial charge in [0.2, 0.25) is 5.78 Å². The van der Waals surface area contributed by atoms with Crippen molar-refractivity contribution in [3.05, 3.63) is 195 Å². The van der Waals surface area contributed by atoms with Gasteiger partial charge in [-0.3, -0.25) is 14.9 Å². The quantitative estimate of drug-likeness (QED) is 0.0290. The Labute approximate surface area is 358 Å². The van der Waals surface area contributed by atoms with Crippen LogP contribution in [-0.4, -0.2) is 28.9 Å². The van der Waals surface area contributed by atoms with E-state index in [4.69, 9.17) is 0 Å². The highest BCUT2D eigenvalue weighted by molar-refractivity contribution is 8.07. The second-order valence-electron chi connectivity index (χ2n) is 14.3. The molecule has 0 radical (unpaired) electrons. The van der Waals surface area contributed by atoms with Crippen molar-refractivity contribution in [1.82, 2.24) is 0 Å². The number of hydrogen-bond donors (Lipinski definition) is 0. The van der Waals surface area contributed by atoms with Gasteiger partial charge in [-0.25, -0.2) is 0 Å². The first-order valence-electron chi connectivity index (χ1n) is 18.4. The standard InChI is InChI=1S/C28H16BF12.C17H14NO4S/c30-25(31,32)17-1-9-21(10-2-17)29(22-11-3-18(4-12-22)26(33,34)35,23-13-5-19(6-14-23)27(36,37)38)24-15-7-20(8-16-24)28(39,40)41;1-23(22,12-11-14-5-3-2-4-6-14)13-17(19)15-7-9-16(10-8-15)18(20)21/h1-16H;2-10H,13H2,1H3/q-1;+1. The van der Waals surface area contributed by atoms with Gasteiger partial charge < -0.3 is 0 Å². The summed E-state index contributed by atoms with van der Waals surface area (Å²) < 4.78 is 172. The monoisotopic (exact) mass is 919 g/mol. The highest BCUT2D eigenvalue weighted by Crippen LogP contribution is 2.32. The Balaban J connectivity index is 0.000000283. The molecule has 6 rings (SSSR count). The number of Topliss-reactive ketones (excluding diaryl/α,β-unsaturated/α-hetero) is 1. The van der Waals surface area contributed by atoms with E-state index in [9.17, 15) is 71.8 Å². The zero-order valence-corrected chi connectivity index (χ0v) is 33.6. The number of hydrogen-bond acceptors (Lipinski definition) is 4. The van der Waals surface area contributed by atoms with Crippen molar-refractivity contribution >= 4 is 49.4 Å². The van der Waals surface area contributed by atoms with Gasteiger partial charge in [0.15, 0.2) is 20.9 Å². The number of rotatable bonds is 8. The number of ketones is 1. The topological polar surface area (TPSA) is 77.3 Å². The zero-order valence-electron chi connectivity index (χ0n) is 32.7. The lowest BCUT2D eigenvalue weighted by Crippen LogP contribution is -2.74. The maximum Gasteiger partial charge on any atom is 0.416 e. The van der Waals surface area contributed by atoms with Gasteiger partial charge in [0.05, 0.1) is 27.2 Å². The second-order valence-corrected chi connectivity index (χ2v) is 16.8. The third-order valence-corrected chi connectivity index (χ3v) is 11.3. The Hall–Kier alpha value is -6.68. The summed E-state index contributed by atoms with van der Waals surface area (Å²) in [6.07, 6.45) is -20.6. The SMILES string of the molecule is C[S+](=O)(C#Cc1ccccc1)CC(=O)c1ccc([N+](=O)[O-])cc1.FC(F)(F)c1ccc([B-](c2ccc(C(F)(F)F)cc2)(c2ccc(C(F)(F)F)cc2)c2ccc(C(F)(F)F)cc2)cc1. The zero-order chi connectivity index (χ0) is 47.3. The molecule has 0 aromatic heterocycles. The van der Waals surface area contributed by atoms with Gasteiger partial charge in [0, 0.05) is 23.3 Å². The lowest BCUT2D eigenvalue weighted by Gasteiger charge is -2.44. The van der Waals surface area contributed by atoms with Crippen molar-refractivity contribution in [3.8, 4) is 11.2 Å². The van der Waals surface area contributed by atoms with E-state index in [0.29, 0.717) is 48.5 Å². The Morgan fingerprint density at radius 2 is 0.844 bits per heavy atom. The molecule has 0 fully saturated rings. The third kappa shape index (κ3) is 11.7. The maximum absolute atomic E-state index is 13.3. The minimum absolute atomic E-state index is 0.0114. The fraction of sp³-hybridized carbons (Fsp3) is 0.133. The molecule has 19 heteroatoms. The normalized spacial score (nSPS) is 13.1. The summed E-state index contributed by atoms with van der Waals surface area (Å²) in [5.74, 6) is 2.23. The minimum atomic E-state index is -4.77. The highest BCUT2D eigenvalue weighted by Gasteiger charge is 2.38. The molecule has 6 aromatic carbocycles. The number of alkyl halides is 12. The lowest BCUT2D eigenvalue weighted by molar-refractivity contribution is -0.384. The van der Waals surface area contributed by atoms with Crippen LogP contribution in [0.5, 0.6) is 0 Å². The Bertz CT molecular complexity index is 2450. The van der Waals surface area contributed by atoms with Crippen LogP contribution < -0.4 is 21.9 Å². The molecule has 0 saturated carbocycles. The van der Waals surface area contributed by atoms with Crippen LogP contribution in [0.3, 0.4) is 0 Å². The number of nitrogens with zero attached hydrogens (tertiary/aromatic N) is 1. The molecule has 5 nitrogen and oxygen atoms in total. The second kappa shape index (κ2) is 18.6. The Kier molecular flexibility index (Phi) is 14.0. The van der Waals surface area contributed by atoms with Crippen molar-refractivity contribution in [3.63, 3.8) is 0 Å². The van der Waals surface area contributed by atoms with Crippen molar-refractivity contribution < 1.29 is 66.6 Å². The van der Waals surface area contributed by atoms with E-state index in [-0.39, 0.29) is 44.6 Å². The molecule has 1 unspecified atom stereocenters. The van der Waals surface area contributed by atoms with E-state index in [0.717, 1.165) is 54.1 Å². The first kappa shape index (κ1) is 48.4. The lowest BCUT2D eigenvalue weighted by atomic mass is 9.13. The number of carbonyl (C=O) groups excluding carboxylic acids is 1. The average Bonchev–Trinajstić information content (AvgIpc) is 3.23. The molecule has 0 amide bonds. The van der Waals surface area contributed by atoms with Gasteiger partial charge in [0.25, 0.3) is 5.69 Å². The maximum atomic E-state index is 13.3. The number of nitro benzene ring substituents is 1. The number of halogens is 12. The van der Waals surface area contributed by atoms with E-state index in [2.05, 4.69) is 11.2 Å². The molecule has 0 bridgehead atoms. The molecule has 0 heterocycles. The molecular weight excluding hydrogens is 889 g/mol. The van der Waals surface area contributed by atoms with Gasteiger partial charge in [0.1, 0.15) is 12.4 Å². The van der Waals surface area contributed by atoms with Crippen LogP contribution in [0.4, 0.5) is 58.4 Å². The fourth-order valence-electron chi connectivity index (χ4n) is 6.82. The van der Waals surface area contributed by atoms with Crippen LogP contribution in [0, 0.1) is 21.3 Å². The summed E-state index contributed by atoms with van der Waals surface area (Å²) in [4.78, 5) is 22.2. The summed E-state index contributed by atoms with van der Waals surface area (Å²) in [7, 11) is -2.65. The van der Waals surface area contributed by atoms with E-state index < -0.39 is 68.0 Å². The first-order valence-corrected chi connectivity index (χ1v) is 20.5. The van der Waals surface area contributed by atoms with Crippen LogP contribution in [0.25, 0.3) is 0 Å². The molecule has 0 saturated heterocycles. The number of nitro groups is 1. The highest BCUT2D eigenvalue weighted by atomic mass is 32.2. The molecular formula is C45H30BF12NO4S. The Morgan fingerprint density at radius 1 is 0.531 bits per heavy atom. The largest absolute Gasteiger partial charge is 0.416 e. The molecule has 0 aliphatic rings. The van der Waals surface area contributed by atoms with Gasteiger partial charge >= 0.3 is 24.7 Å².